The summed E-state index contributed by atoms with van der Waals surface area (Å²) in [7, 11) is 5.65. The first kappa shape index (κ1) is 14.8. The van der Waals surface area contributed by atoms with Crippen LogP contribution in [0.25, 0.3) is 0 Å². The maximum absolute atomic E-state index is 12.0. The van der Waals surface area contributed by atoms with Gasteiger partial charge in [0.15, 0.2) is 0 Å². The van der Waals surface area contributed by atoms with Crippen LogP contribution in [0.3, 0.4) is 0 Å². The molecule has 2 fully saturated rings. The number of likely N-dealkylation sites (N-methyl/N-ethyl adjacent to an activating group) is 2. The SMILES string of the molecule is COC(=O)C(N)(CN(C)CC1CCCN1C)C1CC1. The van der Waals surface area contributed by atoms with Crippen LogP contribution in [0.4, 0.5) is 0 Å². The van der Waals surface area contributed by atoms with E-state index >= 15 is 0 Å². The Morgan fingerprint density at radius 2 is 2.16 bits per heavy atom. The number of rotatable bonds is 6. The molecule has 19 heavy (non-hydrogen) atoms. The minimum atomic E-state index is -0.819. The number of nitrogens with zero attached hydrogens (tertiary/aromatic N) is 2. The number of likely N-dealkylation sites (tertiary alicyclic amines) is 1. The molecule has 1 saturated carbocycles. The molecule has 2 unspecified atom stereocenters. The lowest BCUT2D eigenvalue weighted by Crippen LogP contribution is -2.58. The molecule has 110 valence electrons. The van der Waals surface area contributed by atoms with Crippen molar-refractivity contribution in [2.75, 3.05) is 40.8 Å². The molecule has 1 aliphatic heterocycles. The summed E-state index contributed by atoms with van der Waals surface area (Å²) in [6, 6.07) is 0.589. The van der Waals surface area contributed by atoms with Crippen molar-refractivity contribution < 1.29 is 9.53 Å². The van der Waals surface area contributed by atoms with Crippen molar-refractivity contribution in [2.24, 2.45) is 11.7 Å². The maximum Gasteiger partial charge on any atom is 0.327 e. The Balaban J connectivity index is 1.91. The Hall–Kier alpha value is -0.650. The van der Waals surface area contributed by atoms with Gasteiger partial charge in [0.1, 0.15) is 5.54 Å². The van der Waals surface area contributed by atoms with E-state index in [0.29, 0.717) is 18.5 Å². The Bertz CT molecular complexity index is 333. The average molecular weight is 269 g/mol. The second-order valence-electron chi connectivity index (χ2n) is 6.28. The third-order valence-corrected chi connectivity index (χ3v) is 4.60. The molecule has 1 heterocycles. The van der Waals surface area contributed by atoms with Gasteiger partial charge in [0, 0.05) is 19.1 Å². The summed E-state index contributed by atoms with van der Waals surface area (Å²) in [5.74, 6) is 0.0327. The fourth-order valence-electron chi connectivity index (χ4n) is 3.23. The molecule has 2 aliphatic rings. The topological polar surface area (TPSA) is 58.8 Å². The molecule has 1 saturated heterocycles. The van der Waals surface area contributed by atoms with E-state index in [-0.39, 0.29) is 5.97 Å². The standard InChI is InChI=1S/C14H27N3O2/c1-16(9-12-5-4-8-17(12)2)10-14(15,11-6-7-11)13(18)19-3/h11-12H,4-10,15H2,1-3H3. The zero-order chi connectivity index (χ0) is 14.0. The fourth-order valence-corrected chi connectivity index (χ4v) is 3.23. The molecule has 5 heteroatoms. The fraction of sp³-hybridized carbons (Fsp3) is 0.929. The largest absolute Gasteiger partial charge is 0.468 e. The highest BCUT2D eigenvalue weighted by Gasteiger charge is 2.49. The molecule has 0 aromatic heterocycles. The van der Waals surface area contributed by atoms with E-state index in [1.54, 1.807) is 0 Å². The number of methoxy groups -OCH3 is 1. The monoisotopic (exact) mass is 269 g/mol. The van der Waals surface area contributed by atoms with Crippen molar-refractivity contribution in [3.8, 4) is 0 Å². The van der Waals surface area contributed by atoms with E-state index in [1.807, 2.05) is 0 Å². The molecular weight excluding hydrogens is 242 g/mol. The van der Waals surface area contributed by atoms with Crippen LogP contribution >= 0.6 is 0 Å². The van der Waals surface area contributed by atoms with Crippen molar-refractivity contribution in [3.05, 3.63) is 0 Å². The van der Waals surface area contributed by atoms with Gasteiger partial charge in [-0.2, -0.15) is 0 Å². The highest BCUT2D eigenvalue weighted by Crippen LogP contribution is 2.39. The van der Waals surface area contributed by atoms with Crippen LogP contribution in [0, 0.1) is 5.92 Å². The van der Waals surface area contributed by atoms with Crippen LogP contribution in [0.1, 0.15) is 25.7 Å². The molecule has 0 aromatic rings. The lowest BCUT2D eigenvalue weighted by atomic mass is 9.93. The smallest absolute Gasteiger partial charge is 0.327 e. The molecular formula is C14H27N3O2. The molecule has 0 bridgehead atoms. The lowest BCUT2D eigenvalue weighted by Gasteiger charge is -2.33. The Morgan fingerprint density at radius 3 is 2.63 bits per heavy atom. The maximum atomic E-state index is 12.0. The quantitative estimate of drug-likeness (QED) is 0.703. The number of ether oxygens (including phenoxy) is 1. The summed E-state index contributed by atoms with van der Waals surface area (Å²) in [6.45, 7) is 2.74. The summed E-state index contributed by atoms with van der Waals surface area (Å²) in [4.78, 5) is 16.6. The Labute approximate surface area is 116 Å². The normalized spacial score (nSPS) is 27.5. The second-order valence-corrected chi connectivity index (χ2v) is 6.28. The van der Waals surface area contributed by atoms with E-state index in [2.05, 4.69) is 23.9 Å². The number of nitrogens with two attached hydrogens (primary N) is 1. The molecule has 1 aliphatic carbocycles. The van der Waals surface area contributed by atoms with Gasteiger partial charge in [0.25, 0.3) is 0 Å². The molecule has 0 spiro atoms. The van der Waals surface area contributed by atoms with Gasteiger partial charge < -0.3 is 20.3 Å². The summed E-state index contributed by atoms with van der Waals surface area (Å²) >= 11 is 0. The first-order valence-electron chi connectivity index (χ1n) is 7.23. The number of hydrogen-bond donors (Lipinski definition) is 1. The van der Waals surface area contributed by atoms with Gasteiger partial charge >= 0.3 is 5.97 Å². The van der Waals surface area contributed by atoms with Gasteiger partial charge in [0.2, 0.25) is 0 Å². The first-order chi connectivity index (χ1) is 8.97. The number of carbonyl (C=O) groups is 1. The zero-order valence-corrected chi connectivity index (χ0v) is 12.4. The van der Waals surface area contributed by atoms with E-state index in [9.17, 15) is 4.79 Å². The van der Waals surface area contributed by atoms with Crippen LogP contribution in [-0.2, 0) is 9.53 Å². The zero-order valence-electron chi connectivity index (χ0n) is 12.4. The van der Waals surface area contributed by atoms with Crippen molar-refractivity contribution in [2.45, 2.75) is 37.3 Å². The summed E-state index contributed by atoms with van der Waals surface area (Å²) in [5, 5.41) is 0. The van der Waals surface area contributed by atoms with Crippen LogP contribution in [-0.4, -0.2) is 68.2 Å². The molecule has 0 amide bonds. The van der Waals surface area contributed by atoms with Crippen LogP contribution in [0.5, 0.6) is 0 Å². The van der Waals surface area contributed by atoms with Gasteiger partial charge in [-0.15, -0.1) is 0 Å². The van der Waals surface area contributed by atoms with Crippen molar-refractivity contribution in [1.29, 1.82) is 0 Å². The first-order valence-corrected chi connectivity index (χ1v) is 7.23. The molecule has 0 aromatic carbocycles. The number of esters is 1. The number of hydrogen-bond acceptors (Lipinski definition) is 5. The van der Waals surface area contributed by atoms with Crippen molar-refractivity contribution in [3.63, 3.8) is 0 Å². The highest BCUT2D eigenvalue weighted by molar-refractivity contribution is 5.81. The number of carbonyl (C=O) groups excluding carboxylic acids is 1. The van der Waals surface area contributed by atoms with E-state index in [4.69, 9.17) is 10.5 Å². The van der Waals surface area contributed by atoms with Gasteiger partial charge in [0.05, 0.1) is 7.11 Å². The summed E-state index contributed by atoms with van der Waals surface area (Å²) in [5.41, 5.74) is 5.52. The lowest BCUT2D eigenvalue weighted by molar-refractivity contribution is -0.148. The molecule has 2 rings (SSSR count). The molecule has 5 nitrogen and oxygen atoms in total. The van der Waals surface area contributed by atoms with Gasteiger partial charge in [-0.3, -0.25) is 4.79 Å². The molecule has 0 radical (unpaired) electrons. The van der Waals surface area contributed by atoms with Gasteiger partial charge in [-0.25, -0.2) is 0 Å². The highest BCUT2D eigenvalue weighted by atomic mass is 16.5. The van der Waals surface area contributed by atoms with E-state index in [0.717, 1.165) is 19.4 Å². The van der Waals surface area contributed by atoms with Crippen molar-refractivity contribution in [1.82, 2.24) is 9.80 Å². The third-order valence-electron chi connectivity index (χ3n) is 4.60. The molecule has 2 atom stereocenters. The van der Waals surface area contributed by atoms with Crippen LogP contribution in [0.15, 0.2) is 0 Å². The van der Waals surface area contributed by atoms with E-state index < -0.39 is 5.54 Å². The van der Waals surface area contributed by atoms with Crippen LogP contribution in [0.2, 0.25) is 0 Å². The summed E-state index contributed by atoms with van der Waals surface area (Å²) < 4.78 is 4.91. The Kier molecular flexibility index (Phi) is 4.48. The molecule has 2 N–H and O–H groups in total. The van der Waals surface area contributed by atoms with Gasteiger partial charge in [-0.05, 0) is 52.2 Å². The van der Waals surface area contributed by atoms with Crippen molar-refractivity contribution >= 4 is 5.97 Å². The van der Waals surface area contributed by atoms with E-state index in [1.165, 1.54) is 26.5 Å². The minimum absolute atomic E-state index is 0.262. The third kappa shape index (κ3) is 3.27. The Morgan fingerprint density at radius 1 is 1.47 bits per heavy atom. The van der Waals surface area contributed by atoms with Gasteiger partial charge in [-0.1, -0.05) is 0 Å². The predicted octanol–water partition coefficient (Wildman–Crippen LogP) is 0.293. The second kappa shape index (κ2) is 5.77. The van der Waals surface area contributed by atoms with Crippen LogP contribution < -0.4 is 5.73 Å². The average Bonchev–Trinajstić information content (AvgIpc) is 3.15. The summed E-state index contributed by atoms with van der Waals surface area (Å²) in [6.07, 6.45) is 4.59. The minimum Gasteiger partial charge on any atom is -0.468 e. The predicted molar refractivity (Wildman–Crippen MR) is 74.8 cm³/mol.